The Morgan fingerprint density at radius 2 is 2.05 bits per heavy atom. The number of nitrogens with one attached hydrogen (secondary N) is 1. The van der Waals surface area contributed by atoms with Gasteiger partial charge in [0.25, 0.3) is 0 Å². The van der Waals surface area contributed by atoms with Crippen LogP contribution in [0.15, 0.2) is 47.5 Å². The minimum atomic E-state index is 0.503. The van der Waals surface area contributed by atoms with Crippen LogP contribution in [-0.2, 0) is 6.42 Å². The third kappa shape index (κ3) is 3.43. The molecule has 1 N–H and O–H groups in total. The van der Waals surface area contributed by atoms with Gasteiger partial charge in [-0.2, -0.15) is 0 Å². The molecule has 112 valence electrons. The summed E-state index contributed by atoms with van der Waals surface area (Å²) >= 11 is 5.98. The second kappa shape index (κ2) is 6.58. The van der Waals surface area contributed by atoms with Crippen molar-refractivity contribution in [3.05, 3.63) is 59.3 Å². The Balaban J connectivity index is 1.60. The van der Waals surface area contributed by atoms with Gasteiger partial charge in [0, 0.05) is 18.5 Å². The van der Waals surface area contributed by atoms with Crippen LogP contribution in [0.3, 0.4) is 0 Å². The summed E-state index contributed by atoms with van der Waals surface area (Å²) in [5.41, 5.74) is 3.07. The maximum Gasteiger partial charge on any atom is 0.226 e. The van der Waals surface area contributed by atoms with Crippen LogP contribution in [0.1, 0.15) is 11.3 Å². The second-order valence-corrected chi connectivity index (χ2v) is 5.31. The number of halogens is 1. The maximum atomic E-state index is 5.98. The monoisotopic (exact) mass is 314 g/mol. The first-order valence-electron chi connectivity index (χ1n) is 6.93. The molecule has 0 spiro atoms. The number of hydrogen-bond acceptors (Lipinski definition) is 5. The van der Waals surface area contributed by atoms with E-state index < -0.39 is 0 Å². The summed E-state index contributed by atoms with van der Waals surface area (Å²) in [5.74, 6) is 1.26. The Morgan fingerprint density at radius 3 is 2.82 bits per heavy atom. The first-order chi connectivity index (χ1) is 10.7. The Hall–Kier alpha value is -2.40. The van der Waals surface area contributed by atoms with Crippen molar-refractivity contribution in [3.8, 4) is 11.5 Å². The normalized spacial score (nSPS) is 10.6. The third-order valence-electron chi connectivity index (χ3n) is 3.19. The summed E-state index contributed by atoms with van der Waals surface area (Å²) in [5, 5.41) is 3.66. The van der Waals surface area contributed by atoms with Crippen LogP contribution in [0.25, 0.3) is 11.5 Å². The molecule has 0 aliphatic carbocycles. The Kier molecular flexibility index (Phi) is 4.34. The van der Waals surface area contributed by atoms with E-state index in [0.29, 0.717) is 23.3 Å². The second-order valence-electron chi connectivity index (χ2n) is 4.91. The van der Waals surface area contributed by atoms with Crippen molar-refractivity contribution in [2.75, 3.05) is 11.9 Å². The molecule has 0 fully saturated rings. The molecule has 0 amide bonds. The number of nitrogens with zero attached hydrogens (tertiary/aromatic N) is 3. The van der Waals surface area contributed by atoms with Gasteiger partial charge in [0.1, 0.15) is 23.4 Å². The molecule has 1 aromatic carbocycles. The van der Waals surface area contributed by atoms with Gasteiger partial charge in [-0.3, -0.25) is 0 Å². The Labute approximate surface area is 133 Å². The number of benzene rings is 1. The van der Waals surface area contributed by atoms with Gasteiger partial charge in [-0.25, -0.2) is 15.0 Å². The minimum Gasteiger partial charge on any atom is -0.444 e. The molecule has 0 saturated carbocycles. The zero-order valence-corrected chi connectivity index (χ0v) is 12.8. The molecular formula is C16H15ClN4O. The fourth-order valence-corrected chi connectivity index (χ4v) is 2.17. The van der Waals surface area contributed by atoms with Gasteiger partial charge in [-0.05, 0) is 19.1 Å². The van der Waals surface area contributed by atoms with Gasteiger partial charge < -0.3 is 9.73 Å². The molecule has 0 atom stereocenters. The highest BCUT2D eigenvalue weighted by Gasteiger charge is 2.07. The first kappa shape index (κ1) is 14.5. The van der Waals surface area contributed by atoms with Gasteiger partial charge in [-0.15, -0.1) is 0 Å². The van der Waals surface area contributed by atoms with E-state index in [4.69, 9.17) is 16.0 Å². The van der Waals surface area contributed by atoms with Crippen LogP contribution in [-0.4, -0.2) is 21.5 Å². The molecule has 0 saturated heterocycles. The minimum absolute atomic E-state index is 0.503. The molecule has 5 nitrogen and oxygen atoms in total. The predicted molar refractivity (Wildman–Crippen MR) is 85.9 cm³/mol. The van der Waals surface area contributed by atoms with Gasteiger partial charge in [0.2, 0.25) is 5.89 Å². The summed E-state index contributed by atoms with van der Waals surface area (Å²) in [6.07, 6.45) is 5.41. The third-order valence-corrected chi connectivity index (χ3v) is 3.47. The quantitative estimate of drug-likeness (QED) is 0.777. The van der Waals surface area contributed by atoms with Gasteiger partial charge in [-0.1, -0.05) is 29.3 Å². The zero-order chi connectivity index (χ0) is 15.4. The van der Waals surface area contributed by atoms with Crippen LogP contribution in [0, 0.1) is 6.92 Å². The summed E-state index contributed by atoms with van der Waals surface area (Å²) < 4.78 is 5.53. The number of aryl methyl sites for hydroxylation is 1. The van der Waals surface area contributed by atoms with E-state index in [1.54, 1.807) is 12.5 Å². The Morgan fingerprint density at radius 1 is 1.23 bits per heavy atom. The molecule has 0 aliphatic heterocycles. The fraction of sp³-hybridized carbons (Fsp3) is 0.188. The fourth-order valence-electron chi connectivity index (χ4n) is 2.00. The molecule has 3 rings (SSSR count). The summed E-state index contributed by atoms with van der Waals surface area (Å²) in [7, 11) is 0. The highest BCUT2D eigenvalue weighted by molar-refractivity contribution is 6.32. The lowest BCUT2D eigenvalue weighted by molar-refractivity contribution is 0.572. The average Bonchev–Trinajstić information content (AvgIpc) is 2.99. The summed E-state index contributed by atoms with van der Waals surface area (Å²) in [6, 6.07) is 8.09. The molecule has 2 aromatic heterocycles. The molecule has 0 radical (unpaired) electrons. The average molecular weight is 315 g/mol. The number of hydrogen-bond donors (Lipinski definition) is 1. The molecule has 22 heavy (non-hydrogen) atoms. The molecule has 6 heteroatoms. The topological polar surface area (TPSA) is 63.8 Å². The molecular weight excluding hydrogens is 300 g/mol. The van der Waals surface area contributed by atoms with Crippen molar-refractivity contribution in [3.63, 3.8) is 0 Å². The largest absolute Gasteiger partial charge is 0.444 e. The zero-order valence-electron chi connectivity index (χ0n) is 12.1. The van der Waals surface area contributed by atoms with E-state index in [2.05, 4.69) is 27.2 Å². The van der Waals surface area contributed by atoms with Crippen molar-refractivity contribution in [2.24, 2.45) is 0 Å². The number of rotatable bonds is 5. The maximum absolute atomic E-state index is 5.98. The van der Waals surface area contributed by atoms with Crippen molar-refractivity contribution in [2.45, 2.75) is 13.3 Å². The Bertz CT molecular complexity index is 755. The first-order valence-corrected chi connectivity index (χ1v) is 7.31. The smallest absolute Gasteiger partial charge is 0.226 e. The van der Waals surface area contributed by atoms with E-state index in [0.717, 1.165) is 17.7 Å². The number of oxazole rings is 1. The van der Waals surface area contributed by atoms with Crippen LogP contribution in [0.2, 0.25) is 5.02 Å². The lowest BCUT2D eigenvalue weighted by atomic mass is 10.1. The van der Waals surface area contributed by atoms with Crippen molar-refractivity contribution in [1.29, 1.82) is 0 Å². The van der Waals surface area contributed by atoms with Gasteiger partial charge in [0.15, 0.2) is 0 Å². The van der Waals surface area contributed by atoms with E-state index in [9.17, 15) is 0 Å². The predicted octanol–water partition coefficient (Wildman–Crippen LogP) is 3.75. The highest BCUT2D eigenvalue weighted by atomic mass is 35.5. The van der Waals surface area contributed by atoms with Crippen LogP contribution < -0.4 is 5.32 Å². The SMILES string of the molecule is Cc1ccc(-c2nc(CCNc3ncncc3Cl)co2)cc1. The number of aromatic nitrogens is 3. The lowest BCUT2D eigenvalue weighted by Crippen LogP contribution is -2.07. The van der Waals surface area contributed by atoms with Gasteiger partial charge in [0.05, 0.1) is 11.9 Å². The standard InChI is InChI=1S/C16H15ClN4O/c1-11-2-4-12(5-3-11)16-21-13(9-22-16)6-7-19-15-14(17)8-18-10-20-15/h2-5,8-10H,6-7H2,1H3,(H,18,19,20). The van der Waals surface area contributed by atoms with E-state index in [-0.39, 0.29) is 0 Å². The van der Waals surface area contributed by atoms with Crippen LogP contribution in [0.5, 0.6) is 0 Å². The molecule has 0 bridgehead atoms. The van der Waals surface area contributed by atoms with Crippen molar-refractivity contribution < 1.29 is 4.42 Å². The van der Waals surface area contributed by atoms with Crippen LogP contribution >= 0.6 is 11.6 Å². The molecule has 0 unspecified atom stereocenters. The summed E-state index contributed by atoms with van der Waals surface area (Å²) in [4.78, 5) is 12.4. The van der Waals surface area contributed by atoms with Crippen molar-refractivity contribution in [1.82, 2.24) is 15.0 Å². The van der Waals surface area contributed by atoms with E-state index in [1.165, 1.54) is 11.9 Å². The highest BCUT2D eigenvalue weighted by Crippen LogP contribution is 2.20. The molecule has 0 aliphatic rings. The van der Waals surface area contributed by atoms with Gasteiger partial charge >= 0.3 is 0 Å². The van der Waals surface area contributed by atoms with E-state index >= 15 is 0 Å². The number of anilines is 1. The van der Waals surface area contributed by atoms with Crippen LogP contribution in [0.4, 0.5) is 5.82 Å². The molecule has 3 aromatic rings. The lowest BCUT2D eigenvalue weighted by Gasteiger charge is -2.04. The summed E-state index contributed by atoms with van der Waals surface area (Å²) in [6.45, 7) is 2.71. The van der Waals surface area contributed by atoms with Crippen molar-refractivity contribution >= 4 is 17.4 Å². The van der Waals surface area contributed by atoms with E-state index in [1.807, 2.05) is 24.3 Å². The molecule has 2 heterocycles.